The molecule has 1 rings (SSSR count). The van der Waals surface area contributed by atoms with E-state index in [1.165, 1.54) is 0 Å². The molecule has 1 unspecified atom stereocenters. The van der Waals surface area contributed by atoms with Crippen LogP contribution in [-0.2, 0) is 4.74 Å². The van der Waals surface area contributed by atoms with Gasteiger partial charge in [0.1, 0.15) is 0 Å². The highest BCUT2D eigenvalue weighted by atomic mass is 127. The number of hydrogen-bond acceptors (Lipinski definition) is 2. The fourth-order valence-corrected chi connectivity index (χ4v) is 1.57. The van der Waals surface area contributed by atoms with Crippen molar-refractivity contribution in [2.75, 3.05) is 19.7 Å². The van der Waals surface area contributed by atoms with E-state index in [4.69, 9.17) is 4.74 Å². The number of rotatable bonds is 1. The lowest BCUT2D eigenvalue weighted by molar-refractivity contribution is 0.00533. The topological polar surface area (TPSA) is 12.5 Å². The first-order chi connectivity index (χ1) is 4.33. The summed E-state index contributed by atoms with van der Waals surface area (Å²) < 4.78 is 7.74. The minimum atomic E-state index is 0.482. The van der Waals surface area contributed by atoms with Crippen molar-refractivity contribution in [2.45, 2.75) is 19.4 Å². The summed E-state index contributed by atoms with van der Waals surface area (Å²) in [5.41, 5.74) is 0. The van der Waals surface area contributed by atoms with Crippen LogP contribution in [0.1, 0.15) is 13.3 Å². The molecule has 0 aromatic heterocycles. The normalized spacial score (nSPS) is 30.7. The molecule has 0 N–H and O–H groups in total. The zero-order valence-electron chi connectivity index (χ0n) is 5.64. The summed E-state index contributed by atoms with van der Waals surface area (Å²) in [5.74, 6) is 0. The Morgan fingerprint density at radius 1 is 1.78 bits per heavy atom. The smallest absolute Gasteiger partial charge is 0.0708 e. The van der Waals surface area contributed by atoms with E-state index >= 15 is 0 Å². The van der Waals surface area contributed by atoms with Crippen LogP contribution in [0.2, 0.25) is 0 Å². The van der Waals surface area contributed by atoms with Crippen molar-refractivity contribution < 1.29 is 4.74 Å². The Morgan fingerprint density at radius 3 is 3.00 bits per heavy atom. The highest BCUT2D eigenvalue weighted by molar-refractivity contribution is 14.1. The van der Waals surface area contributed by atoms with Gasteiger partial charge in [0.25, 0.3) is 0 Å². The molecular formula is C6H12INO. The predicted molar refractivity (Wildman–Crippen MR) is 45.6 cm³/mol. The molecule has 9 heavy (non-hydrogen) atoms. The van der Waals surface area contributed by atoms with Crippen molar-refractivity contribution in [1.29, 1.82) is 0 Å². The van der Waals surface area contributed by atoms with Gasteiger partial charge in [-0.05, 0) is 6.42 Å². The molecule has 0 aromatic carbocycles. The molecule has 0 amide bonds. The Kier molecular flexibility index (Phi) is 3.21. The third-order valence-corrected chi connectivity index (χ3v) is 2.42. The van der Waals surface area contributed by atoms with Gasteiger partial charge in [-0.25, -0.2) is 3.11 Å². The highest BCUT2D eigenvalue weighted by Crippen LogP contribution is 2.10. The molecule has 1 saturated heterocycles. The zero-order chi connectivity index (χ0) is 6.69. The molecule has 0 spiro atoms. The molecule has 54 valence electrons. The summed E-state index contributed by atoms with van der Waals surface area (Å²) in [6.45, 7) is 5.25. The standard InChI is InChI=1S/C6H12INO/c1-2-6-5-8(7)3-4-9-6/h6H,2-5H2,1H3. The molecule has 1 atom stereocenters. The monoisotopic (exact) mass is 241 g/mol. The molecule has 1 fully saturated rings. The quantitative estimate of drug-likeness (QED) is 0.509. The molecule has 2 nitrogen and oxygen atoms in total. The SMILES string of the molecule is CCC1CN(I)CCO1. The maximum absolute atomic E-state index is 5.45. The molecule has 0 radical (unpaired) electrons. The first-order valence-electron chi connectivity index (χ1n) is 3.35. The van der Waals surface area contributed by atoms with Crippen LogP contribution >= 0.6 is 22.9 Å². The minimum Gasteiger partial charge on any atom is -0.376 e. The zero-order valence-corrected chi connectivity index (χ0v) is 7.80. The third-order valence-electron chi connectivity index (χ3n) is 1.54. The Hall–Kier alpha value is 0.650. The largest absolute Gasteiger partial charge is 0.376 e. The van der Waals surface area contributed by atoms with Crippen LogP contribution < -0.4 is 0 Å². The lowest BCUT2D eigenvalue weighted by Gasteiger charge is -2.27. The van der Waals surface area contributed by atoms with Gasteiger partial charge in [0.05, 0.1) is 12.7 Å². The summed E-state index contributed by atoms with van der Waals surface area (Å²) in [5, 5.41) is 0. The number of hydrogen-bond donors (Lipinski definition) is 0. The number of ether oxygens (including phenoxy) is 1. The second kappa shape index (κ2) is 3.73. The van der Waals surface area contributed by atoms with E-state index < -0.39 is 0 Å². The average Bonchev–Trinajstić information content (AvgIpc) is 1.88. The predicted octanol–water partition coefficient (Wildman–Crippen LogP) is 1.45. The minimum absolute atomic E-state index is 0.482. The molecule has 0 aliphatic carbocycles. The lowest BCUT2D eigenvalue weighted by Crippen LogP contribution is -2.36. The third kappa shape index (κ3) is 2.39. The van der Waals surface area contributed by atoms with Gasteiger partial charge in [0.15, 0.2) is 0 Å². The van der Waals surface area contributed by atoms with E-state index in [0.717, 1.165) is 26.1 Å². The summed E-state index contributed by atoms with van der Waals surface area (Å²) >= 11 is 2.35. The van der Waals surface area contributed by atoms with E-state index in [1.807, 2.05) is 0 Å². The Labute approximate surface area is 70.0 Å². The lowest BCUT2D eigenvalue weighted by atomic mass is 10.2. The maximum atomic E-state index is 5.45. The average molecular weight is 241 g/mol. The highest BCUT2D eigenvalue weighted by Gasteiger charge is 2.15. The van der Waals surface area contributed by atoms with Crippen molar-refractivity contribution in [3.8, 4) is 0 Å². The van der Waals surface area contributed by atoms with Crippen LogP contribution in [0.3, 0.4) is 0 Å². The summed E-state index contributed by atoms with van der Waals surface area (Å²) in [7, 11) is 0. The van der Waals surface area contributed by atoms with Gasteiger partial charge in [-0.3, -0.25) is 0 Å². The molecule has 1 aliphatic heterocycles. The Morgan fingerprint density at radius 2 is 2.56 bits per heavy atom. The molecular weight excluding hydrogens is 229 g/mol. The van der Waals surface area contributed by atoms with Crippen LogP contribution in [0.15, 0.2) is 0 Å². The van der Waals surface area contributed by atoms with Gasteiger partial charge < -0.3 is 4.74 Å². The Bertz CT molecular complexity index is 89.1. The first-order valence-corrected chi connectivity index (χ1v) is 4.31. The first kappa shape index (κ1) is 7.75. The Balaban J connectivity index is 2.23. The molecule has 0 saturated carbocycles. The summed E-state index contributed by atoms with van der Waals surface area (Å²) in [6, 6.07) is 0. The van der Waals surface area contributed by atoms with Crippen molar-refractivity contribution in [2.24, 2.45) is 0 Å². The van der Waals surface area contributed by atoms with E-state index in [-0.39, 0.29) is 0 Å². The van der Waals surface area contributed by atoms with E-state index in [2.05, 4.69) is 32.9 Å². The molecule has 0 bridgehead atoms. The van der Waals surface area contributed by atoms with Crippen molar-refractivity contribution >= 4 is 22.9 Å². The number of nitrogens with zero attached hydrogens (tertiary/aromatic N) is 1. The molecule has 1 aliphatic rings. The molecule has 0 aromatic rings. The van der Waals surface area contributed by atoms with Crippen LogP contribution in [-0.4, -0.2) is 28.9 Å². The maximum Gasteiger partial charge on any atom is 0.0708 e. The van der Waals surface area contributed by atoms with Crippen molar-refractivity contribution in [3.63, 3.8) is 0 Å². The molecule has 1 heterocycles. The fourth-order valence-electron chi connectivity index (χ4n) is 0.930. The van der Waals surface area contributed by atoms with Crippen LogP contribution in [0.5, 0.6) is 0 Å². The second-order valence-electron chi connectivity index (χ2n) is 2.27. The second-order valence-corrected chi connectivity index (χ2v) is 3.63. The van der Waals surface area contributed by atoms with E-state index in [0.29, 0.717) is 6.10 Å². The van der Waals surface area contributed by atoms with Gasteiger partial charge >= 0.3 is 0 Å². The summed E-state index contributed by atoms with van der Waals surface area (Å²) in [6.07, 6.45) is 1.62. The van der Waals surface area contributed by atoms with Crippen molar-refractivity contribution in [1.82, 2.24) is 3.11 Å². The van der Waals surface area contributed by atoms with E-state index in [1.54, 1.807) is 0 Å². The van der Waals surface area contributed by atoms with Crippen molar-refractivity contribution in [3.05, 3.63) is 0 Å². The molecule has 3 heteroatoms. The van der Waals surface area contributed by atoms with Gasteiger partial charge in [0, 0.05) is 36.0 Å². The number of morpholine rings is 1. The van der Waals surface area contributed by atoms with Crippen LogP contribution in [0, 0.1) is 0 Å². The van der Waals surface area contributed by atoms with E-state index in [9.17, 15) is 0 Å². The number of halogens is 1. The van der Waals surface area contributed by atoms with Gasteiger partial charge in [0.2, 0.25) is 0 Å². The summed E-state index contributed by atoms with van der Waals surface area (Å²) in [4.78, 5) is 0. The van der Waals surface area contributed by atoms with Gasteiger partial charge in [-0.1, -0.05) is 6.92 Å². The van der Waals surface area contributed by atoms with Crippen LogP contribution in [0.25, 0.3) is 0 Å². The van der Waals surface area contributed by atoms with Crippen LogP contribution in [0.4, 0.5) is 0 Å². The fraction of sp³-hybridized carbons (Fsp3) is 1.00. The van der Waals surface area contributed by atoms with Gasteiger partial charge in [-0.15, -0.1) is 0 Å². The van der Waals surface area contributed by atoms with Gasteiger partial charge in [-0.2, -0.15) is 0 Å².